The number of methoxy groups -OCH3 is 1. The highest BCUT2D eigenvalue weighted by Gasteiger charge is 2.33. The summed E-state index contributed by atoms with van der Waals surface area (Å²) in [6, 6.07) is 10.6. The Labute approximate surface area is 223 Å². The molecular weight excluding hydrogens is 525 g/mol. The van der Waals surface area contributed by atoms with Crippen LogP contribution in [0.1, 0.15) is 39.7 Å². The van der Waals surface area contributed by atoms with Crippen LogP contribution in [-0.2, 0) is 26.2 Å². The summed E-state index contributed by atoms with van der Waals surface area (Å²) in [6.45, 7) is 6.90. The van der Waals surface area contributed by atoms with Crippen LogP contribution in [0.3, 0.4) is 0 Å². The summed E-state index contributed by atoms with van der Waals surface area (Å²) >= 11 is 12.2. The van der Waals surface area contributed by atoms with Crippen molar-refractivity contribution in [3.05, 3.63) is 58.1 Å². The molecule has 0 saturated heterocycles. The van der Waals surface area contributed by atoms with Gasteiger partial charge in [0.15, 0.2) is 0 Å². The summed E-state index contributed by atoms with van der Waals surface area (Å²) in [5.74, 6) is -0.234. The summed E-state index contributed by atoms with van der Waals surface area (Å²) in [5.41, 5.74) is 0.387. The molecule has 0 heterocycles. The molecule has 36 heavy (non-hydrogen) atoms. The molecule has 0 saturated carbocycles. The van der Waals surface area contributed by atoms with Crippen LogP contribution in [0.4, 0.5) is 5.69 Å². The number of hydrogen-bond donors (Lipinski definition) is 1. The van der Waals surface area contributed by atoms with Crippen LogP contribution in [0.15, 0.2) is 42.5 Å². The predicted octanol–water partition coefficient (Wildman–Crippen LogP) is 4.49. The van der Waals surface area contributed by atoms with Crippen LogP contribution in [0.5, 0.6) is 5.75 Å². The van der Waals surface area contributed by atoms with Gasteiger partial charge in [0.2, 0.25) is 21.8 Å². The van der Waals surface area contributed by atoms with Crippen LogP contribution in [0.2, 0.25) is 10.0 Å². The van der Waals surface area contributed by atoms with Gasteiger partial charge in [-0.25, -0.2) is 8.42 Å². The first-order valence-electron chi connectivity index (χ1n) is 11.3. The van der Waals surface area contributed by atoms with E-state index in [0.29, 0.717) is 12.2 Å². The van der Waals surface area contributed by atoms with E-state index < -0.39 is 34.1 Å². The first kappa shape index (κ1) is 29.7. The topological polar surface area (TPSA) is 96.0 Å². The zero-order chi connectivity index (χ0) is 27.3. The van der Waals surface area contributed by atoms with Gasteiger partial charge in [-0.1, -0.05) is 42.3 Å². The molecule has 2 aromatic rings. The molecule has 0 aliphatic heterocycles. The molecule has 0 fully saturated rings. The smallest absolute Gasteiger partial charge is 0.244 e. The number of halogens is 2. The fourth-order valence-electron chi connectivity index (χ4n) is 3.60. The first-order valence-corrected chi connectivity index (χ1v) is 13.9. The lowest BCUT2D eigenvalue weighted by molar-refractivity contribution is -0.141. The van der Waals surface area contributed by atoms with Gasteiger partial charge in [-0.3, -0.25) is 13.9 Å². The Bertz CT molecular complexity index is 1160. The number of carbonyl (C=O) groups is 2. The number of anilines is 1. The van der Waals surface area contributed by atoms with Crippen molar-refractivity contribution in [2.45, 2.75) is 52.2 Å². The summed E-state index contributed by atoms with van der Waals surface area (Å²) in [6.07, 6.45) is 1.32. The quantitative estimate of drug-likeness (QED) is 0.464. The van der Waals surface area contributed by atoms with Crippen LogP contribution in [0.25, 0.3) is 0 Å². The van der Waals surface area contributed by atoms with Crippen molar-refractivity contribution in [2.24, 2.45) is 0 Å². The van der Waals surface area contributed by atoms with E-state index in [4.69, 9.17) is 27.9 Å². The van der Waals surface area contributed by atoms with Crippen molar-refractivity contribution in [3.63, 3.8) is 0 Å². The molecule has 1 N–H and O–H groups in total. The van der Waals surface area contributed by atoms with Gasteiger partial charge in [-0.2, -0.15) is 0 Å². The van der Waals surface area contributed by atoms with E-state index in [1.807, 2.05) is 20.8 Å². The highest BCUT2D eigenvalue weighted by Crippen LogP contribution is 2.27. The fraction of sp³-hybridized carbons (Fsp3) is 0.440. The van der Waals surface area contributed by atoms with Crippen LogP contribution >= 0.6 is 23.2 Å². The second-order valence-electron chi connectivity index (χ2n) is 9.43. The summed E-state index contributed by atoms with van der Waals surface area (Å²) < 4.78 is 31.5. The van der Waals surface area contributed by atoms with E-state index in [9.17, 15) is 18.0 Å². The standard InChI is InChI=1S/C25H33Cl2N3O5S/c1-7-22(24(32)28-25(2,3)4)29(15-17-8-10-21(35-5)11-9-17)23(31)16-30(36(6,33)34)20-13-18(26)12-19(27)14-20/h8-14,22H,7,15-16H2,1-6H3,(H,28,32)/t22-/m1/s1. The molecule has 0 aliphatic rings. The second kappa shape index (κ2) is 12.2. The van der Waals surface area contributed by atoms with Crippen molar-refractivity contribution < 1.29 is 22.7 Å². The highest BCUT2D eigenvalue weighted by molar-refractivity contribution is 7.92. The minimum absolute atomic E-state index is 0.0901. The van der Waals surface area contributed by atoms with Crippen molar-refractivity contribution >= 4 is 50.7 Å². The molecule has 0 aliphatic carbocycles. The number of benzene rings is 2. The van der Waals surface area contributed by atoms with Crippen molar-refractivity contribution in [3.8, 4) is 5.75 Å². The van der Waals surface area contributed by atoms with E-state index in [0.717, 1.165) is 16.1 Å². The minimum Gasteiger partial charge on any atom is -0.497 e. The second-order valence-corrected chi connectivity index (χ2v) is 12.2. The van der Waals surface area contributed by atoms with Crippen LogP contribution in [0, 0.1) is 0 Å². The van der Waals surface area contributed by atoms with Gasteiger partial charge >= 0.3 is 0 Å². The Hall–Kier alpha value is -2.49. The average Bonchev–Trinajstić information content (AvgIpc) is 2.74. The predicted molar refractivity (Wildman–Crippen MR) is 144 cm³/mol. The molecular formula is C25H33Cl2N3O5S. The van der Waals surface area contributed by atoms with Gasteiger partial charge in [0, 0.05) is 22.1 Å². The number of hydrogen-bond acceptors (Lipinski definition) is 5. The summed E-state index contributed by atoms with van der Waals surface area (Å²) in [7, 11) is -2.34. The molecule has 0 bridgehead atoms. The highest BCUT2D eigenvalue weighted by atomic mass is 35.5. The van der Waals surface area contributed by atoms with E-state index in [1.165, 1.54) is 23.1 Å². The van der Waals surface area contributed by atoms with Gasteiger partial charge in [-0.15, -0.1) is 0 Å². The maximum Gasteiger partial charge on any atom is 0.244 e. The Balaban J connectivity index is 2.48. The zero-order valence-electron chi connectivity index (χ0n) is 21.3. The van der Waals surface area contributed by atoms with E-state index in [1.54, 1.807) is 38.3 Å². The van der Waals surface area contributed by atoms with Crippen molar-refractivity contribution in [2.75, 3.05) is 24.2 Å². The lowest BCUT2D eigenvalue weighted by atomic mass is 10.1. The summed E-state index contributed by atoms with van der Waals surface area (Å²) in [4.78, 5) is 28.3. The average molecular weight is 559 g/mol. The molecule has 8 nitrogen and oxygen atoms in total. The molecule has 0 unspecified atom stereocenters. The molecule has 2 rings (SSSR count). The maximum absolute atomic E-state index is 13.7. The Morgan fingerprint density at radius 3 is 2.06 bits per heavy atom. The molecule has 11 heteroatoms. The van der Waals surface area contributed by atoms with Gasteiger partial charge in [0.1, 0.15) is 18.3 Å². The molecule has 1 atom stereocenters. The monoisotopic (exact) mass is 557 g/mol. The number of sulfonamides is 1. The van der Waals surface area contributed by atoms with Crippen LogP contribution in [-0.4, -0.2) is 56.6 Å². The largest absolute Gasteiger partial charge is 0.497 e. The normalized spacial score (nSPS) is 12.6. The van der Waals surface area contributed by atoms with E-state index in [2.05, 4.69) is 5.32 Å². The number of rotatable bonds is 10. The third-order valence-electron chi connectivity index (χ3n) is 5.21. The minimum atomic E-state index is -3.89. The molecule has 198 valence electrons. The lowest BCUT2D eigenvalue weighted by Gasteiger charge is -2.34. The Morgan fingerprint density at radius 2 is 1.61 bits per heavy atom. The van der Waals surface area contributed by atoms with Crippen molar-refractivity contribution in [1.82, 2.24) is 10.2 Å². The lowest BCUT2D eigenvalue weighted by Crippen LogP contribution is -2.55. The van der Waals surface area contributed by atoms with Gasteiger partial charge in [0.25, 0.3) is 0 Å². The van der Waals surface area contributed by atoms with Gasteiger partial charge < -0.3 is 15.0 Å². The fourth-order valence-corrected chi connectivity index (χ4v) is 4.94. The van der Waals surface area contributed by atoms with E-state index in [-0.39, 0.29) is 28.2 Å². The maximum atomic E-state index is 13.7. The molecule has 0 spiro atoms. The molecule has 0 aromatic heterocycles. The number of amides is 2. The number of ether oxygens (including phenoxy) is 1. The third-order valence-corrected chi connectivity index (χ3v) is 6.79. The van der Waals surface area contributed by atoms with Crippen molar-refractivity contribution in [1.29, 1.82) is 0 Å². The SMILES string of the molecule is CC[C@H](C(=O)NC(C)(C)C)N(Cc1ccc(OC)cc1)C(=O)CN(c1cc(Cl)cc(Cl)c1)S(C)(=O)=O. The third kappa shape index (κ3) is 8.57. The summed E-state index contributed by atoms with van der Waals surface area (Å²) in [5, 5.41) is 3.37. The number of nitrogens with zero attached hydrogens (tertiary/aromatic N) is 2. The molecule has 0 radical (unpaired) electrons. The first-order chi connectivity index (χ1) is 16.6. The zero-order valence-corrected chi connectivity index (χ0v) is 23.7. The number of nitrogens with one attached hydrogen (secondary N) is 1. The molecule has 2 amide bonds. The van der Waals surface area contributed by atoms with Gasteiger partial charge in [0.05, 0.1) is 19.1 Å². The van der Waals surface area contributed by atoms with E-state index >= 15 is 0 Å². The molecule has 2 aromatic carbocycles. The van der Waals surface area contributed by atoms with Crippen LogP contribution < -0.4 is 14.4 Å². The Morgan fingerprint density at radius 1 is 1.06 bits per heavy atom. The Kier molecular flexibility index (Phi) is 10.0. The van der Waals surface area contributed by atoms with Gasteiger partial charge in [-0.05, 0) is 63.1 Å². The number of carbonyl (C=O) groups excluding carboxylic acids is 2.